The summed E-state index contributed by atoms with van der Waals surface area (Å²) in [7, 11) is 0. The van der Waals surface area contributed by atoms with Crippen LogP contribution >= 0.6 is 27.3 Å². The maximum atomic E-state index is 13.0. The summed E-state index contributed by atoms with van der Waals surface area (Å²) in [4.78, 5) is 3.97. The summed E-state index contributed by atoms with van der Waals surface area (Å²) in [5.74, 6) is 0.132. The minimum absolute atomic E-state index is 0.312. The van der Waals surface area contributed by atoms with E-state index in [1.54, 1.807) is 11.4 Å². The van der Waals surface area contributed by atoms with Crippen molar-refractivity contribution in [3.05, 3.63) is 39.4 Å². The molecule has 3 N–H and O–H groups in total. The molecule has 2 aromatic rings. The monoisotopic (exact) mass is 314 g/mol. The largest absolute Gasteiger partial charge is 0.383 e. The van der Waals surface area contributed by atoms with E-state index in [9.17, 15) is 4.39 Å². The van der Waals surface area contributed by atoms with Crippen molar-refractivity contribution in [2.24, 2.45) is 5.10 Å². The molecule has 0 amide bonds. The van der Waals surface area contributed by atoms with Crippen molar-refractivity contribution in [1.82, 2.24) is 4.98 Å². The van der Waals surface area contributed by atoms with Gasteiger partial charge in [-0.1, -0.05) is 15.9 Å². The minimum Gasteiger partial charge on any atom is -0.383 e. The van der Waals surface area contributed by atoms with Gasteiger partial charge in [-0.05, 0) is 18.2 Å². The van der Waals surface area contributed by atoms with Crippen LogP contribution in [0.4, 0.5) is 15.3 Å². The molecule has 0 aliphatic carbocycles. The molecule has 0 atom stereocenters. The quantitative estimate of drug-likeness (QED) is 0.676. The summed E-state index contributed by atoms with van der Waals surface area (Å²) in [5.41, 5.74) is 8.81. The molecule has 0 spiro atoms. The number of halogens is 2. The molecular formula is C10H8BrFN4S. The van der Waals surface area contributed by atoms with Crippen LogP contribution in [0.15, 0.2) is 33.2 Å². The Hall–Kier alpha value is -1.47. The minimum atomic E-state index is -0.312. The van der Waals surface area contributed by atoms with E-state index in [0.29, 0.717) is 16.5 Å². The molecule has 2 rings (SSSR count). The average molecular weight is 315 g/mol. The number of nitrogen functional groups attached to an aromatic ring is 1. The fraction of sp³-hybridized carbons (Fsp3) is 0. The van der Waals surface area contributed by atoms with E-state index >= 15 is 0 Å². The van der Waals surface area contributed by atoms with Crippen LogP contribution in [0.25, 0.3) is 0 Å². The van der Waals surface area contributed by atoms with Crippen molar-refractivity contribution in [2.75, 3.05) is 11.2 Å². The SMILES string of the molecule is Nc1csc(NN=Cc2cc(F)ccc2Br)n1. The molecule has 0 aliphatic heterocycles. The average Bonchev–Trinajstić information content (AvgIpc) is 2.69. The molecule has 17 heavy (non-hydrogen) atoms. The summed E-state index contributed by atoms with van der Waals surface area (Å²) in [5, 5.41) is 6.24. The molecule has 1 aromatic carbocycles. The van der Waals surface area contributed by atoms with Crippen LogP contribution in [0.3, 0.4) is 0 Å². The second-order valence-electron chi connectivity index (χ2n) is 3.11. The van der Waals surface area contributed by atoms with E-state index in [1.807, 2.05) is 0 Å². The molecule has 1 aromatic heterocycles. The normalized spacial score (nSPS) is 10.9. The van der Waals surface area contributed by atoms with Gasteiger partial charge >= 0.3 is 0 Å². The van der Waals surface area contributed by atoms with Gasteiger partial charge in [-0.25, -0.2) is 9.37 Å². The molecule has 0 saturated carbocycles. The lowest BCUT2D eigenvalue weighted by atomic mass is 10.2. The molecule has 4 nitrogen and oxygen atoms in total. The number of anilines is 2. The first kappa shape index (κ1) is 12.0. The van der Waals surface area contributed by atoms with Crippen LogP contribution in [0, 0.1) is 5.82 Å². The zero-order chi connectivity index (χ0) is 12.3. The van der Waals surface area contributed by atoms with Gasteiger partial charge in [-0.2, -0.15) is 5.10 Å². The van der Waals surface area contributed by atoms with E-state index < -0.39 is 0 Å². The van der Waals surface area contributed by atoms with Crippen LogP contribution in [0.5, 0.6) is 0 Å². The lowest BCUT2D eigenvalue weighted by Crippen LogP contribution is -1.92. The second kappa shape index (κ2) is 5.24. The summed E-state index contributed by atoms with van der Waals surface area (Å²) in [6, 6.07) is 4.37. The number of hydrazone groups is 1. The van der Waals surface area contributed by atoms with Crippen molar-refractivity contribution in [1.29, 1.82) is 0 Å². The summed E-state index contributed by atoms with van der Waals surface area (Å²) < 4.78 is 13.7. The molecule has 1 heterocycles. The standard InChI is InChI=1S/C10H8BrFN4S/c11-8-2-1-7(12)3-6(8)4-14-16-10-15-9(13)5-17-10/h1-5H,13H2,(H,15,16). The number of rotatable bonds is 3. The second-order valence-corrected chi connectivity index (χ2v) is 4.83. The molecule has 0 aliphatic rings. The number of hydrogen-bond donors (Lipinski definition) is 2. The lowest BCUT2D eigenvalue weighted by Gasteiger charge is -1.98. The topological polar surface area (TPSA) is 63.3 Å². The lowest BCUT2D eigenvalue weighted by molar-refractivity contribution is 0.627. The fourth-order valence-electron chi connectivity index (χ4n) is 1.11. The predicted molar refractivity (Wildman–Crippen MR) is 71.8 cm³/mol. The summed E-state index contributed by atoms with van der Waals surface area (Å²) in [6.45, 7) is 0. The highest BCUT2D eigenvalue weighted by molar-refractivity contribution is 9.10. The van der Waals surface area contributed by atoms with Gasteiger partial charge in [0.05, 0.1) is 6.21 Å². The van der Waals surface area contributed by atoms with Gasteiger partial charge in [0.2, 0.25) is 5.13 Å². The van der Waals surface area contributed by atoms with Gasteiger partial charge in [0.15, 0.2) is 0 Å². The van der Waals surface area contributed by atoms with Gasteiger partial charge in [0.25, 0.3) is 0 Å². The van der Waals surface area contributed by atoms with Gasteiger partial charge < -0.3 is 5.73 Å². The number of benzene rings is 1. The van der Waals surface area contributed by atoms with Gasteiger partial charge in [0.1, 0.15) is 11.6 Å². The van der Waals surface area contributed by atoms with Crippen LogP contribution in [-0.4, -0.2) is 11.2 Å². The van der Waals surface area contributed by atoms with E-state index in [0.717, 1.165) is 4.47 Å². The Kier molecular flexibility index (Phi) is 3.70. The fourth-order valence-corrected chi connectivity index (χ4v) is 2.01. The molecule has 0 saturated heterocycles. The molecule has 0 fully saturated rings. The third-order valence-corrected chi connectivity index (χ3v) is 3.33. The Morgan fingerprint density at radius 2 is 2.35 bits per heavy atom. The van der Waals surface area contributed by atoms with E-state index in [1.165, 1.54) is 29.7 Å². The van der Waals surface area contributed by atoms with Gasteiger partial charge in [-0.3, -0.25) is 5.43 Å². The summed E-state index contributed by atoms with van der Waals surface area (Å²) in [6.07, 6.45) is 1.50. The number of aromatic nitrogens is 1. The predicted octanol–water partition coefficient (Wildman–Crippen LogP) is 3.07. The van der Waals surface area contributed by atoms with Crippen LogP contribution in [0.2, 0.25) is 0 Å². The number of nitrogens with zero attached hydrogens (tertiary/aromatic N) is 2. The smallest absolute Gasteiger partial charge is 0.205 e. The van der Waals surface area contributed by atoms with Crippen molar-refractivity contribution in [3.63, 3.8) is 0 Å². The van der Waals surface area contributed by atoms with Crippen LogP contribution in [-0.2, 0) is 0 Å². The highest BCUT2D eigenvalue weighted by atomic mass is 79.9. The first-order chi connectivity index (χ1) is 8.15. The van der Waals surface area contributed by atoms with Crippen molar-refractivity contribution in [3.8, 4) is 0 Å². The van der Waals surface area contributed by atoms with E-state index in [2.05, 4.69) is 31.4 Å². The van der Waals surface area contributed by atoms with Gasteiger partial charge in [-0.15, -0.1) is 11.3 Å². The number of nitrogens with one attached hydrogen (secondary N) is 1. The molecular weight excluding hydrogens is 307 g/mol. The summed E-state index contributed by atoms with van der Waals surface area (Å²) >= 11 is 4.65. The first-order valence-corrected chi connectivity index (χ1v) is 6.27. The first-order valence-electron chi connectivity index (χ1n) is 4.60. The van der Waals surface area contributed by atoms with Crippen LogP contribution < -0.4 is 11.2 Å². The highest BCUT2D eigenvalue weighted by Crippen LogP contribution is 2.17. The Balaban J connectivity index is 2.07. The maximum Gasteiger partial charge on any atom is 0.205 e. The number of hydrogen-bond acceptors (Lipinski definition) is 5. The highest BCUT2D eigenvalue weighted by Gasteiger charge is 1.99. The van der Waals surface area contributed by atoms with Crippen LogP contribution in [0.1, 0.15) is 5.56 Å². The number of nitrogens with two attached hydrogens (primary N) is 1. The van der Waals surface area contributed by atoms with Crippen molar-refractivity contribution in [2.45, 2.75) is 0 Å². The molecule has 88 valence electrons. The molecule has 0 bridgehead atoms. The zero-order valence-electron chi connectivity index (χ0n) is 8.52. The van der Waals surface area contributed by atoms with E-state index in [4.69, 9.17) is 5.73 Å². The number of thiazole rings is 1. The third kappa shape index (κ3) is 3.24. The molecule has 0 unspecified atom stereocenters. The van der Waals surface area contributed by atoms with Crippen molar-refractivity contribution >= 4 is 44.4 Å². The van der Waals surface area contributed by atoms with E-state index in [-0.39, 0.29) is 5.82 Å². The Morgan fingerprint density at radius 3 is 3.06 bits per heavy atom. The van der Waals surface area contributed by atoms with Crippen molar-refractivity contribution < 1.29 is 4.39 Å². The molecule has 7 heteroatoms. The van der Waals surface area contributed by atoms with Gasteiger partial charge in [0, 0.05) is 15.4 Å². The Bertz CT molecular complexity index is 555. The Labute approximate surface area is 110 Å². The third-order valence-electron chi connectivity index (χ3n) is 1.84. The zero-order valence-corrected chi connectivity index (χ0v) is 10.9. The maximum absolute atomic E-state index is 13.0. The molecule has 0 radical (unpaired) electrons. The Morgan fingerprint density at radius 1 is 1.53 bits per heavy atom.